The monoisotopic (exact) mass is 349 g/mol. The van der Waals surface area contributed by atoms with Gasteiger partial charge in [0.05, 0.1) is 5.56 Å². The van der Waals surface area contributed by atoms with Crippen LogP contribution in [0.5, 0.6) is 0 Å². The predicted octanol–water partition coefficient (Wildman–Crippen LogP) is 3.33. The van der Waals surface area contributed by atoms with E-state index in [9.17, 15) is 17.6 Å². The summed E-state index contributed by atoms with van der Waals surface area (Å²) < 4.78 is 56.8. The van der Waals surface area contributed by atoms with Crippen LogP contribution in [0.1, 0.15) is 30.4 Å². The van der Waals surface area contributed by atoms with Crippen LogP contribution >= 0.6 is 0 Å². The molecule has 0 spiro atoms. The lowest BCUT2D eigenvalue weighted by Crippen LogP contribution is -2.37. The van der Waals surface area contributed by atoms with Gasteiger partial charge in [-0.2, -0.15) is 13.2 Å². The van der Waals surface area contributed by atoms with Gasteiger partial charge in [0.15, 0.2) is 5.96 Å². The molecule has 0 unspecified atom stereocenters. The van der Waals surface area contributed by atoms with E-state index in [0.29, 0.717) is 25.2 Å². The van der Waals surface area contributed by atoms with Gasteiger partial charge in [-0.15, -0.1) is 0 Å². The predicted molar refractivity (Wildman–Crippen MR) is 85.3 cm³/mol. The van der Waals surface area contributed by atoms with E-state index in [2.05, 4.69) is 15.6 Å². The van der Waals surface area contributed by atoms with Gasteiger partial charge in [0.2, 0.25) is 0 Å². The Kier molecular flexibility index (Phi) is 8.53. The largest absolute Gasteiger partial charge is 0.416 e. The molecule has 136 valence electrons. The van der Waals surface area contributed by atoms with Crippen LogP contribution < -0.4 is 10.6 Å². The van der Waals surface area contributed by atoms with Crippen molar-refractivity contribution in [3.63, 3.8) is 0 Å². The number of guanidine groups is 1. The molecule has 0 aromatic heterocycles. The van der Waals surface area contributed by atoms with Gasteiger partial charge in [0.1, 0.15) is 5.82 Å². The standard InChI is InChI=1S/C16H23F4N3O/c1-21-15(22-8-4-3-5-9-24-2)23-11-12-6-7-13(17)10-14(12)16(18,19)20/h6-7,10H,3-5,8-9,11H2,1-2H3,(H2,21,22,23). The molecule has 1 aromatic rings. The van der Waals surface area contributed by atoms with E-state index in [-0.39, 0.29) is 12.1 Å². The molecule has 0 aliphatic rings. The Morgan fingerprint density at radius 1 is 1.17 bits per heavy atom. The van der Waals surface area contributed by atoms with Gasteiger partial charge in [-0.25, -0.2) is 4.39 Å². The Labute approximate surface area is 139 Å². The lowest BCUT2D eigenvalue weighted by Gasteiger charge is -2.16. The quantitative estimate of drug-likeness (QED) is 0.328. The second kappa shape index (κ2) is 10.1. The van der Waals surface area contributed by atoms with E-state index in [1.165, 1.54) is 7.05 Å². The first kappa shape index (κ1) is 20.2. The SMILES string of the molecule is CN=C(NCCCCCOC)NCc1ccc(F)cc1C(F)(F)F. The zero-order valence-electron chi connectivity index (χ0n) is 13.8. The maximum absolute atomic E-state index is 13.1. The van der Waals surface area contributed by atoms with Crippen molar-refractivity contribution in [3.8, 4) is 0 Å². The number of unbranched alkanes of at least 4 members (excludes halogenated alkanes) is 2. The summed E-state index contributed by atoms with van der Waals surface area (Å²) in [6.45, 7) is 1.26. The molecule has 0 heterocycles. The van der Waals surface area contributed by atoms with Gasteiger partial charge in [-0.1, -0.05) is 6.07 Å². The molecule has 0 atom stereocenters. The lowest BCUT2D eigenvalue weighted by atomic mass is 10.1. The van der Waals surface area contributed by atoms with E-state index in [0.717, 1.165) is 31.4 Å². The molecule has 0 radical (unpaired) electrons. The fourth-order valence-corrected chi connectivity index (χ4v) is 2.12. The number of ether oxygens (including phenoxy) is 1. The van der Waals surface area contributed by atoms with Crippen LogP contribution in [0.2, 0.25) is 0 Å². The normalized spacial score (nSPS) is 12.3. The van der Waals surface area contributed by atoms with Gasteiger partial charge in [-0.3, -0.25) is 4.99 Å². The van der Waals surface area contributed by atoms with Crippen LogP contribution in [0.25, 0.3) is 0 Å². The molecule has 2 N–H and O–H groups in total. The molecule has 8 heteroatoms. The van der Waals surface area contributed by atoms with Crippen LogP contribution in [0.3, 0.4) is 0 Å². The molecular weight excluding hydrogens is 326 g/mol. The van der Waals surface area contributed by atoms with Crippen molar-refractivity contribution in [2.24, 2.45) is 4.99 Å². The average molecular weight is 349 g/mol. The summed E-state index contributed by atoms with van der Waals surface area (Å²) in [7, 11) is 3.18. The first-order valence-corrected chi connectivity index (χ1v) is 7.67. The number of methoxy groups -OCH3 is 1. The second-order valence-corrected chi connectivity index (χ2v) is 5.21. The number of alkyl halides is 3. The van der Waals surface area contributed by atoms with Gasteiger partial charge < -0.3 is 15.4 Å². The number of benzene rings is 1. The average Bonchev–Trinajstić information content (AvgIpc) is 2.53. The van der Waals surface area contributed by atoms with E-state index in [1.807, 2.05) is 0 Å². The van der Waals surface area contributed by atoms with Crippen LogP contribution in [0, 0.1) is 5.82 Å². The van der Waals surface area contributed by atoms with E-state index < -0.39 is 17.6 Å². The Balaban J connectivity index is 2.52. The Bertz CT molecular complexity index is 533. The maximum Gasteiger partial charge on any atom is 0.416 e. The molecule has 4 nitrogen and oxygen atoms in total. The zero-order valence-corrected chi connectivity index (χ0v) is 13.8. The summed E-state index contributed by atoms with van der Waals surface area (Å²) in [4.78, 5) is 3.96. The van der Waals surface area contributed by atoms with Crippen molar-refractivity contribution < 1.29 is 22.3 Å². The molecule has 0 bridgehead atoms. The molecule has 24 heavy (non-hydrogen) atoms. The van der Waals surface area contributed by atoms with Crippen LogP contribution in [0.4, 0.5) is 17.6 Å². The molecule has 0 aliphatic carbocycles. The Morgan fingerprint density at radius 2 is 1.92 bits per heavy atom. The summed E-state index contributed by atoms with van der Waals surface area (Å²) in [6.07, 6.45) is -1.77. The zero-order chi connectivity index (χ0) is 18.0. The number of hydrogen-bond donors (Lipinski definition) is 2. The number of aliphatic imine (C=N–C) groups is 1. The molecule has 1 rings (SSSR count). The highest BCUT2D eigenvalue weighted by Crippen LogP contribution is 2.32. The van der Waals surface area contributed by atoms with Crippen molar-refractivity contribution in [2.75, 3.05) is 27.3 Å². The number of nitrogens with zero attached hydrogens (tertiary/aromatic N) is 1. The summed E-state index contributed by atoms with van der Waals surface area (Å²) in [5.74, 6) is -0.510. The summed E-state index contributed by atoms with van der Waals surface area (Å²) in [5, 5.41) is 5.84. The van der Waals surface area contributed by atoms with Crippen molar-refractivity contribution in [1.82, 2.24) is 10.6 Å². The minimum Gasteiger partial charge on any atom is -0.385 e. The Morgan fingerprint density at radius 3 is 2.54 bits per heavy atom. The topological polar surface area (TPSA) is 45.7 Å². The smallest absolute Gasteiger partial charge is 0.385 e. The van der Waals surface area contributed by atoms with E-state index >= 15 is 0 Å². The van der Waals surface area contributed by atoms with Gasteiger partial charge >= 0.3 is 6.18 Å². The second-order valence-electron chi connectivity index (χ2n) is 5.21. The van der Waals surface area contributed by atoms with Crippen LogP contribution in [0.15, 0.2) is 23.2 Å². The van der Waals surface area contributed by atoms with E-state index in [4.69, 9.17) is 4.74 Å². The summed E-state index contributed by atoms with van der Waals surface area (Å²) >= 11 is 0. The fourth-order valence-electron chi connectivity index (χ4n) is 2.12. The molecule has 1 aromatic carbocycles. The van der Waals surface area contributed by atoms with Crippen molar-refractivity contribution in [2.45, 2.75) is 32.0 Å². The minimum atomic E-state index is -4.60. The van der Waals surface area contributed by atoms with E-state index in [1.54, 1.807) is 7.11 Å². The molecule has 0 amide bonds. The van der Waals surface area contributed by atoms with Crippen LogP contribution in [-0.2, 0) is 17.5 Å². The summed E-state index contributed by atoms with van der Waals surface area (Å²) in [5.41, 5.74) is -1.02. The number of nitrogens with one attached hydrogen (secondary N) is 2. The minimum absolute atomic E-state index is 0.0352. The third kappa shape index (κ3) is 7.16. The van der Waals surface area contributed by atoms with Gasteiger partial charge in [0, 0.05) is 33.9 Å². The lowest BCUT2D eigenvalue weighted by molar-refractivity contribution is -0.138. The fraction of sp³-hybridized carbons (Fsp3) is 0.562. The maximum atomic E-state index is 13.1. The molecule has 0 saturated carbocycles. The highest BCUT2D eigenvalue weighted by atomic mass is 19.4. The first-order valence-electron chi connectivity index (χ1n) is 7.67. The first-order chi connectivity index (χ1) is 11.4. The highest BCUT2D eigenvalue weighted by Gasteiger charge is 2.33. The van der Waals surface area contributed by atoms with Gasteiger partial charge in [-0.05, 0) is 37.0 Å². The molecular formula is C16H23F4N3O. The molecule has 0 saturated heterocycles. The van der Waals surface area contributed by atoms with Crippen molar-refractivity contribution in [3.05, 3.63) is 35.1 Å². The number of rotatable bonds is 8. The number of halogens is 4. The van der Waals surface area contributed by atoms with Crippen molar-refractivity contribution in [1.29, 1.82) is 0 Å². The number of hydrogen-bond acceptors (Lipinski definition) is 2. The third-order valence-electron chi connectivity index (χ3n) is 3.36. The van der Waals surface area contributed by atoms with Gasteiger partial charge in [0.25, 0.3) is 0 Å². The van der Waals surface area contributed by atoms with Crippen molar-refractivity contribution >= 4 is 5.96 Å². The Hall–Kier alpha value is -1.83. The van der Waals surface area contributed by atoms with Crippen LogP contribution in [-0.4, -0.2) is 33.3 Å². The molecule has 0 aliphatic heterocycles. The third-order valence-corrected chi connectivity index (χ3v) is 3.36. The summed E-state index contributed by atoms with van der Waals surface area (Å²) in [6, 6.07) is 2.64. The highest BCUT2D eigenvalue weighted by molar-refractivity contribution is 5.79. The molecule has 0 fully saturated rings.